The van der Waals surface area contributed by atoms with Crippen molar-refractivity contribution in [3.05, 3.63) is 41.7 Å². The van der Waals surface area contributed by atoms with E-state index in [-0.39, 0.29) is 24.8 Å². The molecular formula is C16H20N2O4. The number of carbonyl (C=O) groups is 1. The quantitative estimate of drug-likeness (QED) is 0.843. The summed E-state index contributed by atoms with van der Waals surface area (Å²) in [5, 5.41) is 13.0. The zero-order valence-electron chi connectivity index (χ0n) is 12.8. The molecule has 0 unspecified atom stereocenters. The van der Waals surface area contributed by atoms with Crippen LogP contribution in [0.1, 0.15) is 16.1 Å². The summed E-state index contributed by atoms with van der Waals surface area (Å²) < 4.78 is 10.1. The molecule has 6 heteroatoms. The predicted octanol–water partition coefficient (Wildman–Crippen LogP) is 1.73. The van der Waals surface area contributed by atoms with Crippen LogP contribution in [-0.2, 0) is 4.74 Å². The Labute approximate surface area is 129 Å². The van der Waals surface area contributed by atoms with Crippen molar-refractivity contribution < 1.29 is 19.2 Å². The van der Waals surface area contributed by atoms with E-state index in [2.05, 4.69) is 5.16 Å². The highest BCUT2D eigenvalue weighted by atomic mass is 16.5. The summed E-state index contributed by atoms with van der Waals surface area (Å²) in [7, 11) is 1.56. The predicted molar refractivity (Wildman–Crippen MR) is 81.5 cm³/mol. The van der Waals surface area contributed by atoms with Gasteiger partial charge in [0.2, 0.25) is 5.76 Å². The maximum absolute atomic E-state index is 12.4. The largest absolute Gasteiger partial charge is 0.395 e. The Morgan fingerprint density at radius 2 is 2.05 bits per heavy atom. The first-order valence-corrected chi connectivity index (χ1v) is 7.08. The molecule has 0 spiro atoms. The summed E-state index contributed by atoms with van der Waals surface area (Å²) >= 11 is 0. The van der Waals surface area contributed by atoms with Crippen LogP contribution in [-0.4, -0.2) is 54.5 Å². The van der Waals surface area contributed by atoms with Gasteiger partial charge in [0.15, 0.2) is 0 Å². The lowest BCUT2D eigenvalue weighted by Crippen LogP contribution is -2.36. The Morgan fingerprint density at radius 3 is 2.68 bits per heavy atom. The van der Waals surface area contributed by atoms with Gasteiger partial charge in [0.05, 0.1) is 13.2 Å². The van der Waals surface area contributed by atoms with Crippen LogP contribution in [0.25, 0.3) is 11.3 Å². The van der Waals surface area contributed by atoms with Crippen molar-refractivity contribution in [2.45, 2.75) is 6.92 Å². The van der Waals surface area contributed by atoms with E-state index in [1.807, 2.05) is 31.2 Å². The monoisotopic (exact) mass is 304 g/mol. The Morgan fingerprint density at radius 1 is 1.32 bits per heavy atom. The van der Waals surface area contributed by atoms with Gasteiger partial charge in [-0.15, -0.1) is 0 Å². The number of nitrogens with zero attached hydrogens (tertiary/aromatic N) is 2. The van der Waals surface area contributed by atoms with E-state index in [1.54, 1.807) is 13.2 Å². The summed E-state index contributed by atoms with van der Waals surface area (Å²) in [4.78, 5) is 13.8. The number of aromatic nitrogens is 1. The fourth-order valence-corrected chi connectivity index (χ4v) is 2.03. The molecule has 1 heterocycles. The summed E-state index contributed by atoms with van der Waals surface area (Å²) in [5.41, 5.74) is 2.65. The summed E-state index contributed by atoms with van der Waals surface area (Å²) in [5.74, 6) is -0.155. The van der Waals surface area contributed by atoms with Gasteiger partial charge in [-0.05, 0) is 6.92 Å². The van der Waals surface area contributed by atoms with Gasteiger partial charge in [0.1, 0.15) is 5.69 Å². The van der Waals surface area contributed by atoms with Crippen molar-refractivity contribution in [2.24, 2.45) is 0 Å². The van der Waals surface area contributed by atoms with Crippen LogP contribution in [0.2, 0.25) is 0 Å². The van der Waals surface area contributed by atoms with E-state index in [0.29, 0.717) is 18.8 Å². The van der Waals surface area contributed by atoms with Crippen molar-refractivity contribution >= 4 is 5.91 Å². The van der Waals surface area contributed by atoms with Crippen molar-refractivity contribution in [1.82, 2.24) is 10.1 Å². The molecule has 0 aliphatic rings. The minimum atomic E-state index is -0.308. The lowest BCUT2D eigenvalue weighted by Gasteiger charge is -2.19. The molecule has 0 radical (unpaired) electrons. The van der Waals surface area contributed by atoms with Gasteiger partial charge in [-0.1, -0.05) is 35.0 Å². The summed E-state index contributed by atoms with van der Waals surface area (Å²) in [6.07, 6.45) is 0. The Balaban J connectivity index is 2.14. The third-order valence-corrected chi connectivity index (χ3v) is 3.29. The normalized spacial score (nSPS) is 10.7. The number of aliphatic hydroxyl groups is 1. The van der Waals surface area contributed by atoms with Gasteiger partial charge in [-0.2, -0.15) is 0 Å². The molecule has 2 aromatic rings. The Hall–Kier alpha value is -2.18. The van der Waals surface area contributed by atoms with E-state index >= 15 is 0 Å². The van der Waals surface area contributed by atoms with Crippen LogP contribution in [0.4, 0.5) is 0 Å². The molecule has 2 rings (SSSR count). The van der Waals surface area contributed by atoms with Crippen molar-refractivity contribution in [1.29, 1.82) is 0 Å². The van der Waals surface area contributed by atoms with Crippen molar-refractivity contribution in [3.63, 3.8) is 0 Å². The van der Waals surface area contributed by atoms with E-state index in [4.69, 9.17) is 14.4 Å². The molecule has 0 aliphatic carbocycles. The molecule has 0 aliphatic heterocycles. The molecule has 1 N–H and O–H groups in total. The molecule has 1 amide bonds. The molecule has 1 aromatic heterocycles. The fraction of sp³-hybridized carbons (Fsp3) is 0.375. The molecule has 0 bridgehead atoms. The van der Waals surface area contributed by atoms with E-state index < -0.39 is 0 Å². The lowest BCUT2D eigenvalue weighted by atomic mass is 10.1. The van der Waals surface area contributed by atoms with Gasteiger partial charge >= 0.3 is 0 Å². The first-order chi connectivity index (χ1) is 10.7. The van der Waals surface area contributed by atoms with Crippen LogP contribution < -0.4 is 0 Å². The molecule has 118 valence electrons. The average Bonchev–Trinajstić information content (AvgIpc) is 3.01. The lowest BCUT2D eigenvalue weighted by molar-refractivity contribution is 0.0617. The number of rotatable bonds is 7. The molecule has 0 saturated carbocycles. The number of carbonyl (C=O) groups excluding carboxylic acids is 1. The number of methoxy groups -OCH3 is 1. The van der Waals surface area contributed by atoms with Crippen LogP contribution in [0, 0.1) is 6.92 Å². The second kappa shape index (κ2) is 7.72. The number of benzene rings is 1. The Bertz CT molecular complexity index is 607. The first kappa shape index (κ1) is 16.2. The van der Waals surface area contributed by atoms with Crippen molar-refractivity contribution in [3.8, 4) is 11.3 Å². The third kappa shape index (κ3) is 3.93. The van der Waals surface area contributed by atoms with Crippen LogP contribution in [0.15, 0.2) is 34.9 Å². The summed E-state index contributed by atoms with van der Waals surface area (Å²) in [6, 6.07) is 9.42. The highest BCUT2D eigenvalue weighted by Gasteiger charge is 2.20. The number of ether oxygens (including phenoxy) is 1. The molecule has 6 nitrogen and oxygen atoms in total. The van der Waals surface area contributed by atoms with E-state index in [1.165, 1.54) is 4.90 Å². The maximum Gasteiger partial charge on any atom is 0.292 e. The highest BCUT2D eigenvalue weighted by molar-refractivity contribution is 5.92. The second-order valence-electron chi connectivity index (χ2n) is 4.95. The number of aliphatic hydroxyl groups excluding tert-OH is 1. The third-order valence-electron chi connectivity index (χ3n) is 3.29. The number of aryl methyl sites for hydroxylation is 1. The molecule has 1 aromatic carbocycles. The topological polar surface area (TPSA) is 75.8 Å². The SMILES string of the molecule is COCCN(CCO)C(=O)c1cc(-c2ccc(C)cc2)no1. The molecule has 0 atom stereocenters. The first-order valence-electron chi connectivity index (χ1n) is 7.08. The smallest absolute Gasteiger partial charge is 0.292 e. The van der Waals surface area contributed by atoms with Crippen LogP contribution in [0.3, 0.4) is 0 Å². The number of hydrogen-bond acceptors (Lipinski definition) is 5. The van der Waals surface area contributed by atoms with Crippen LogP contribution in [0.5, 0.6) is 0 Å². The van der Waals surface area contributed by atoms with Gasteiger partial charge in [0.25, 0.3) is 5.91 Å². The van der Waals surface area contributed by atoms with Gasteiger partial charge in [-0.25, -0.2) is 0 Å². The minimum Gasteiger partial charge on any atom is -0.395 e. The second-order valence-corrected chi connectivity index (χ2v) is 4.95. The average molecular weight is 304 g/mol. The number of hydrogen-bond donors (Lipinski definition) is 1. The molecule has 22 heavy (non-hydrogen) atoms. The van der Waals surface area contributed by atoms with Gasteiger partial charge < -0.3 is 19.3 Å². The van der Waals surface area contributed by atoms with Gasteiger partial charge in [0, 0.05) is 31.8 Å². The van der Waals surface area contributed by atoms with Gasteiger partial charge in [-0.3, -0.25) is 4.79 Å². The zero-order valence-corrected chi connectivity index (χ0v) is 12.8. The molecular weight excluding hydrogens is 284 g/mol. The zero-order chi connectivity index (χ0) is 15.9. The maximum atomic E-state index is 12.4. The van der Waals surface area contributed by atoms with Crippen LogP contribution >= 0.6 is 0 Å². The highest BCUT2D eigenvalue weighted by Crippen LogP contribution is 2.20. The van der Waals surface area contributed by atoms with Crippen molar-refractivity contribution in [2.75, 3.05) is 33.4 Å². The Kier molecular flexibility index (Phi) is 5.68. The minimum absolute atomic E-state index is 0.117. The molecule has 0 saturated heterocycles. The number of amides is 1. The van der Waals surface area contributed by atoms with E-state index in [9.17, 15) is 4.79 Å². The van der Waals surface area contributed by atoms with E-state index in [0.717, 1.165) is 11.1 Å². The standard InChI is InChI=1S/C16H20N2O4/c1-12-3-5-13(6-4-12)14-11-15(22-17-14)16(20)18(7-9-19)8-10-21-2/h3-6,11,19H,7-10H2,1-2H3. The molecule has 0 fully saturated rings. The fourth-order valence-electron chi connectivity index (χ4n) is 2.03. The summed E-state index contributed by atoms with van der Waals surface area (Å²) in [6.45, 7) is 2.89.